The first kappa shape index (κ1) is 10.6. The second-order valence-electron chi connectivity index (χ2n) is 4.11. The van der Waals surface area contributed by atoms with Gasteiger partial charge in [-0.05, 0) is 17.0 Å². The normalized spacial score (nSPS) is 10.7. The summed E-state index contributed by atoms with van der Waals surface area (Å²) in [5, 5.41) is 6.15. The summed E-state index contributed by atoms with van der Waals surface area (Å²) in [7, 11) is 0. The minimum absolute atomic E-state index is 0.176. The molecule has 0 saturated heterocycles. The van der Waals surface area contributed by atoms with Gasteiger partial charge in [0.25, 0.3) is 5.56 Å². The van der Waals surface area contributed by atoms with Crippen molar-refractivity contribution < 1.29 is 0 Å². The summed E-state index contributed by atoms with van der Waals surface area (Å²) in [6, 6.07) is 9.76. The Morgan fingerprint density at radius 2 is 1.81 bits per heavy atom. The van der Waals surface area contributed by atoms with Gasteiger partial charge in [0, 0.05) is 11.6 Å². The van der Waals surface area contributed by atoms with E-state index in [9.17, 15) is 4.79 Å². The summed E-state index contributed by atoms with van der Waals surface area (Å²) in [6.45, 7) is 4.31. The van der Waals surface area contributed by atoms with Gasteiger partial charge in [-0.25, -0.2) is 5.10 Å². The highest BCUT2D eigenvalue weighted by Crippen LogP contribution is 2.20. The van der Waals surface area contributed by atoms with Gasteiger partial charge in [-0.2, -0.15) is 5.10 Å². The third-order valence-corrected chi connectivity index (χ3v) is 2.58. The van der Waals surface area contributed by atoms with Crippen LogP contribution in [0.1, 0.15) is 25.3 Å². The predicted octanol–water partition coefficient (Wildman–Crippen LogP) is 2.56. The van der Waals surface area contributed by atoms with Gasteiger partial charge in [0.05, 0.1) is 6.20 Å². The van der Waals surface area contributed by atoms with Crippen LogP contribution in [0.4, 0.5) is 0 Å². The van der Waals surface area contributed by atoms with E-state index in [4.69, 9.17) is 0 Å². The molecule has 0 spiro atoms. The zero-order valence-electron chi connectivity index (χ0n) is 9.40. The smallest absolute Gasteiger partial charge is 0.264 e. The van der Waals surface area contributed by atoms with Gasteiger partial charge in [-0.1, -0.05) is 38.1 Å². The lowest BCUT2D eigenvalue weighted by atomic mass is 10.00. The van der Waals surface area contributed by atoms with E-state index in [-0.39, 0.29) is 5.56 Å². The number of hydrogen-bond donors (Lipinski definition) is 1. The lowest BCUT2D eigenvalue weighted by molar-refractivity contribution is 0.867. The number of rotatable bonds is 2. The van der Waals surface area contributed by atoms with Crippen molar-refractivity contribution in [2.45, 2.75) is 19.8 Å². The lowest BCUT2D eigenvalue weighted by Gasteiger charge is -2.06. The predicted molar refractivity (Wildman–Crippen MR) is 64.4 cm³/mol. The summed E-state index contributed by atoms with van der Waals surface area (Å²) in [5.74, 6) is 0.520. The molecule has 0 aliphatic rings. The Kier molecular flexibility index (Phi) is 2.86. The van der Waals surface area contributed by atoms with Gasteiger partial charge in [-0.15, -0.1) is 0 Å². The van der Waals surface area contributed by atoms with E-state index < -0.39 is 0 Å². The maximum atomic E-state index is 11.1. The van der Waals surface area contributed by atoms with Crippen LogP contribution in [0, 0.1) is 0 Å². The van der Waals surface area contributed by atoms with Crippen LogP contribution in [0.3, 0.4) is 0 Å². The molecule has 1 aromatic heterocycles. The maximum absolute atomic E-state index is 11.1. The number of aromatic nitrogens is 2. The van der Waals surface area contributed by atoms with Gasteiger partial charge < -0.3 is 0 Å². The fourth-order valence-corrected chi connectivity index (χ4v) is 1.59. The van der Waals surface area contributed by atoms with Crippen LogP contribution in [-0.4, -0.2) is 10.2 Å². The van der Waals surface area contributed by atoms with Crippen LogP contribution in [0.2, 0.25) is 0 Å². The van der Waals surface area contributed by atoms with Crippen LogP contribution in [0.25, 0.3) is 11.1 Å². The number of benzene rings is 1. The van der Waals surface area contributed by atoms with Gasteiger partial charge in [-0.3, -0.25) is 4.79 Å². The molecule has 0 amide bonds. The van der Waals surface area contributed by atoms with Crippen molar-refractivity contribution in [1.29, 1.82) is 0 Å². The maximum Gasteiger partial charge on any atom is 0.264 e. The van der Waals surface area contributed by atoms with Gasteiger partial charge >= 0.3 is 0 Å². The molecule has 3 nitrogen and oxygen atoms in total. The molecule has 0 aliphatic carbocycles. The zero-order chi connectivity index (χ0) is 11.5. The van der Waals surface area contributed by atoms with Crippen LogP contribution >= 0.6 is 0 Å². The summed E-state index contributed by atoms with van der Waals surface area (Å²) in [5.41, 5.74) is 2.98. The molecule has 0 radical (unpaired) electrons. The second kappa shape index (κ2) is 4.31. The van der Waals surface area contributed by atoms with E-state index in [2.05, 4.69) is 36.2 Å². The van der Waals surface area contributed by atoms with Gasteiger partial charge in [0.2, 0.25) is 0 Å². The standard InChI is InChI=1S/C13H14N2O/c1-9(2)10-3-5-11(6-4-10)12-7-13(16)15-14-8-12/h3-9H,1-2H3,(H,15,16). The Hall–Kier alpha value is -1.90. The molecule has 16 heavy (non-hydrogen) atoms. The van der Waals surface area contributed by atoms with Crippen molar-refractivity contribution in [3.05, 3.63) is 52.4 Å². The molecule has 1 N–H and O–H groups in total. The van der Waals surface area contributed by atoms with Gasteiger partial charge in [0.1, 0.15) is 0 Å². The molecule has 2 aromatic rings. The summed E-state index contributed by atoms with van der Waals surface area (Å²) < 4.78 is 0. The topological polar surface area (TPSA) is 45.8 Å². The van der Waals surface area contributed by atoms with Crippen molar-refractivity contribution in [2.24, 2.45) is 0 Å². The fourth-order valence-electron chi connectivity index (χ4n) is 1.59. The molecule has 0 aliphatic heterocycles. The van der Waals surface area contributed by atoms with Crippen LogP contribution in [0.15, 0.2) is 41.3 Å². The Morgan fingerprint density at radius 3 is 2.38 bits per heavy atom. The van der Waals surface area contributed by atoms with Crippen LogP contribution in [0.5, 0.6) is 0 Å². The fraction of sp³-hybridized carbons (Fsp3) is 0.231. The van der Waals surface area contributed by atoms with E-state index in [0.717, 1.165) is 11.1 Å². The number of hydrogen-bond acceptors (Lipinski definition) is 2. The quantitative estimate of drug-likeness (QED) is 0.835. The first-order valence-electron chi connectivity index (χ1n) is 5.32. The average molecular weight is 214 g/mol. The van der Waals surface area contributed by atoms with Gasteiger partial charge in [0.15, 0.2) is 0 Å². The number of nitrogens with zero attached hydrogens (tertiary/aromatic N) is 1. The molecule has 82 valence electrons. The molecule has 0 bridgehead atoms. The first-order chi connectivity index (χ1) is 7.66. The number of aromatic amines is 1. The molecular formula is C13H14N2O. The third-order valence-electron chi connectivity index (χ3n) is 2.58. The van der Waals surface area contributed by atoms with Crippen molar-refractivity contribution in [3.8, 4) is 11.1 Å². The minimum atomic E-state index is -0.176. The van der Waals surface area contributed by atoms with E-state index in [1.165, 1.54) is 5.56 Å². The minimum Gasteiger partial charge on any atom is -0.268 e. The molecule has 1 heterocycles. The van der Waals surface area contributed by atoms with Crippen molar-refractivity contribution in [1.82, 2.24) is 10.2 Å². The first-order valence-corrected chi connectivity index (χ1v) is 5.32. The highest BCUT2D eigenvalue weighted by Gasteiger charge is 2.01. The largest absolute Gasteiger partial charge is 0.268 e. The monoisotopic (exact) mass is 214 g/mol. The second-order valence-corrected chi connectivity index (χ2v) is 4.11. The molecule has 3 heteroatoms. The Morgan fingerprint density at radius 1 is 1.12 bits per heavy atom. The third kappa shape index (κ3) is 2.19. The van der Waals surface area contributed by atoms with Crippen LogP contribution < -0.4 is 5.56 Å². The summed E-state index contributed by atoms with van der Waals surface area (Å²) in [4.78, 5) is 11.1. The molecule has 0 unspecified atom stereocenters. The van der Waals surface area contributed by atoms with E-state index in [1.807, 2.05) is 12.1 Å². The van der Waals surface area contributed by atoms with Crippen molar-refractivity contribution >= 4 is 0 Å². The van der Waals surface area contributed by atoms with E-state index >= 15 is 0 Å². The molecular weight excluding hydrogens is 200 g/mol. The molecule has 2 rings (SSSR count). The molecule has 0 atom stereocenters. The van der Waals surface area contributed by atoms with Crippen molar-refractivity contribution in [3.63, 3.8) is 0 Å². The van der Waals surface area contributed by atoms with Crippen LogP contribution in [-0.2, 0) is 0 Å². The van der Waals surface area contributed by atoms with E-state index in [0.29, 0.717) is 5.92 Å². The highest BCUT2D eigenvalue weighted by molar-refractivity contribution is 5.62. The average Bonchev–Trinajstić information content (AvgIpc) is 2.29. The lowest BCUT2D eigenvalue weighted by Crippen LogP contribution is -2.05. The molecule has 0 saturated carbocycles. The highest BCUT2D eigenvalue weighted by atomic mass is 16.1. The Bertz CT molecular complexity index is 526. The Balaban J connectivity index is 2.38. The van der Waals surface area contributed by atoms with Crippen molar-refractivity contribution in [2.75, 3.05) is 0 Å². The number of nitrogens with one attached hydrogen (secondary N) is 1. The SMILES string of the molecule is CC(C)c1ccc(-c2cn[nH]c(=O)c2)cc1. The zero-order valence-corrected chi connectivity index (χ0v) is 9.40. The summed E-state index contributed by atoms with van der Waals surface area (Å²) in [6.07, 6.45) is 1.66. The summed E-state index contributed by atoms with van der Waals surface area (Å²) >= 11 is 0. The Labute approximate surface area is 94.2 Å². The van der Waals surface area contributed by atoms with E-state index in [1.54, 1.807) is 12.3 Å². The number of H-pyrrole nitrogens is 1. The molecule has 0 fully saturated rings. The molecule has 1 aromatic carbocycles.